The zero-order valence-electron chi connectivity index (χ0n) is 12.4. The number of halogens is 2. The van der Waals surface area contributed by atoms with Crippen LogP contribution in [0.5, 0.6) is 0 Å². The highest BCUT2D eigenvalue weighted by Gasteiger charge is 2.07. The van der Waals surface area contributed by atoms with E-state index in [1.165, 1.54) is 18.2 Å². The molecule has 0 aliphatic carbocycles. The van der Waals surface area contributed by atoms with Crippen molar-refractivity contribution >= 4 is 34.3 Å². The third-order valence-corrected chi connectivity index (χ3v) is 3.64. The molecule has 0 radical (unpaired) electrons. The lowest BCUT2D eigenvalue weighted by Crippen LogP contribution is -2.20. The lowest BCUT2D eigenvalue weighted by Gasteiger charge is -2.10. The van der Waals surface area contributed by atoms with E-state index in [1.807, 2.05) is 6.92 Å². The van der Waals surface area contributed by atoms with Crippen molar-refractivity contribution in [3.05, 3.63) is 57.7 Å². The molecule has 2 aromatic heterocycles. The average Bonchev–Trinajstić information content (AvgIpc) is 2.54. The lowest BCUT2D eigenvalue weighted by molar-refractivity contribution is 0.628. The van der Waals surface area contributed by atoms with Gasteiger partial charge < -0.3 is 5.32 Å². The van der Waals surface area contributed by atoms with Gasteiger partial charge in [-0.1, -0.05) is 18.5 Å². The fourth-order valence-corrected chi connectivity index (χ4v) is 2.45. The first-order chi connectivity index (χ1) is 11.1. The van der Waals surface area contributed by atoms with Gasteiger partial charge in [0.05, 0.1) is 5.02 Å². The molecular weight excluding hydrogens is 319 g/mol. The number of nitrogens with one attached hydrogen (secondary N) is 1. The number of aromatic nitrogens is 3. The number of hydrogen-bond donors (Lipinski definition) is 1. The van der Waals surface area contributed by atoms with E-state index in [0.29, 0.717) is 23.8 Å². The molecule has 0 aliphatic heterocycles. The Morgan fingerprint density at radius 2 is 2.13 bits per heavy atom. The molecule has 0 unspecified atom stereocenters. The van der Waals surface area contributed by atoms with Crippen LogP contribution < -0.4 is 10.9 Å². The minimum Gasteiger partial charge on any atom is -0.324 e. The van der Waals surface area contributed by atoms with Crippen molar-refractivity contribution in [2.24, 2.45) is 0 Å². The smallest absolute Gasteiger partial charge is 0.252 e. The molecule has 0 saturated carbocycles. The topological polar surface area (TPSA) is 59.8 Å². The summed E-state index contributed by atoms with van der Waals surface area (Å²) in [5.41, 5.74) is 1.02. The molecule has 0 amide bonds. The number of nitrogens with zero attached hydrogens (tertiary/aromatic N) is 3. The van der Waals surface area contributed by atoms with Gasteiger partial charge in [0.15, 0.2) is 0 Å². The summed E-state index contributed by atoms with van der Waals surface area (Å²) in [6.07, 6.45) is 2.46. The third kappa shape index (κ3) is 3.17. The average molecular weight is 333 g/mol. The summed E-state index contributed by atoms with van der Waals surface area (Å²) in [5.74, 6) is -0.177. The molecule has 118 valence electrons. The normalized spacial score (nSPS) is 10.9. The molecule has 0 atom stereocenters. The second-order valence-electron chi connectivity index (χ2n) is 5.05. The van der Waals surface area contributed by atoms with Gasteiger partial charge in [0, 0.05) is 29.9 Å². The molecule has 0 bridgehead atoms. The van der Waals surface area contributed by atoms with Gasteiger partial charge in [-0.15, -0.1) is 0 Å². The Morgan fingerprint density at radius 1 is 1.30 bits per heavy atom. The summed E-state index contributed by atoms with van der Waals surface area (Å²) in [7, 11) is 0. The Bertz CT molecular complexity index is 926. The van der Waals surface area contributed by atoms with Crippen LogP contribution in [0.25, 0.3) is 11.0 Å². The summed E-state index contributed by atoms with van der Waals surface area (Å²) in [6, 6.07) is 7.46. The van der Waals surface area contributed by atoms with E-state index in [9.17, 15) is 9.18 Å². The summed E-state index contributed by atoms with van der Waals surface area (Å²) < 4.78 is 14.8. The Balaban J connectivity index is 2.03. The van der Waals surface area contributed by atoms with E-state index >= 15 is 0 Å². The number of pyridine rings is 1. The maximum Gasteiger partial charge on any atom is 0.252 e. The zero-order chi connectivity index (χ0) is 16.4. The van der Waals surface area contributed by atoms with Crippen LogP contribution >= 0.6 is 11.6 Å². The highest BCUT2D eigenvalue weighted by Crippen LogP contribution is 2.22. The fourth-order valence-electron chi connectivity index (χ4n) is 2.27. The Labute approximate surface area is 136 Å². The maximum absolute atomic E-state index is 13.2. The van der Waals surface area contributed by atoms with Gasteiger partial charge in [0.2, 0.25) is 5.95 Å². The molecule has 0 fully saturated rings. The first-order valence-corrected chi connectivity index (χ1v) is 7.55. The van der Waals surface area contributed by atoms with E-state index in [1.54, 1.807) is 22.9 Å². The molecule has 3 rings (SSSR count). The van der Waals surface area contributed by atoms with Crippen LogP contribution in [0.15, 0.2) is 41.3 Å². The van der Waals surface area contributed by atoms with E-state index in [0.717, 1.165) is 11.8 Å². The number of anilines is 2. The molecule has 1 N–H and O–H groups in total. The first-order valence-electron chi connectivity index (χ1n) is 7.17. The summed E-state index contributed by atoms with van der Waals surface area (Å²) in [5, 5.41) is 3.76. The maximum atomic E-state index is 13.2. The molecule has 5 nitrogen and oxygen atoms in total. The van der Waals surface area contributed by atoms with Crippen LogP contribution in [0.2, 0.25) is 5.02 Å². The number of rotatable bonds is 4. The summed E-state index contributed by atoms with van der Waals surface area (Å²) in [4.78, 5) is 20.6. The number of hydrogen-bond acceptors (Lipinski definition) is 4. The van der Waals surface area contributed by atoms with Crippen LogP contribution in [0.3, 0.4) is 0 Å². The predicted octanol–water partition coefficient (Wildman–Crippen LogP) is 3.74. The van der Waals surface area contributed by atoms with Gasteiger partial charge in [-0.05, 0) is 30.7 Å². The molecule has 2 heterocycles. The minimum absolute atomic E-state index is 0.0127. The van der Waals surface area contributed by atoms with Crippen LogP contribution in [-0.4, -0.2) is 14.5 Å². The molecule has 0 saturated heterocycles. The number of benzene rings is 1. The summed E-state index contributed by atoms with van der Waals surface area (Å²) >= 11 is 5.76. The lowest BCUT2D eigenvalue weighted by atomic mass is 10.3. The monoisotopic (exact) mass is 332 g/mol. The van der Waals surface area contributed by atoms with E-state index < -0.39 is 5.82 Å². The third-order valence-electron chi connectivity index (χ3n) is 3.35. The second-order valence-corrected chi connectivity index (χ2v) is 5.46. The molecule has 0 aliphatic rings. The molecule has 3 aromatic rings. The largest absolute Gasteiger partial charge is 0.324 e. The van der Waals surface area contributed by atoms with Gasteiger partial charge >= 0.3 is 0 Å². The quantitative estimate of drug-likeness (QED) is 0.790. The van der Waals surface area contributed by atoms with Crippen molar-refractivity contribution in [3.63, 3.8) is 0 Å². The molecule has 1 aromatic carbocycles. The summed E-state index contributed by atoms with van der Waals surface area (Å²) in [6.45, 7) is 2.57. The number of fused-ring (bicyclic) bond motifs is 1. The molecule has 0 spiro atoms. The Morgan fingerprint density at radius 3 is 2.87 bits per heavy atom. The van der Waals surface area contributed by atoms with E-state index in [2.05, 4.69) is 15.3 Å². The van der Waals surface area contributed by atoms with Gasteiger partial charge in [-0.3, -0.25) is 9.36 Å². The van der Waals surface area contributed by atoms with Crippen molar-refractivity contribution in [1.82, 2.24) is 14.5 Å². The standard InChI is InChI=1S/C16H14ClFN4O/c1-2-7-22-14(23)6-3-10-9-19-16(21-15(10)22)20-11-4-5-13(18)12(17)8-11/h3-6,8-9H,2,7H2,1H3,(H,19,20,21). The van der Waals surface area contributed by atoms with Gasteiger partial charge in [-0.2, -0.15) is 4.98 Å². The van der Waals surface area contributed by atoms with Crippen molar-refractivity contribution in [1.29, 1.82) is 0 Å². The Hall–Kier alpha value is -2.47. The Kier molecular flexibility index (Phi) is 4.25. The molecule has 23 heavy (non-hydrogen) atoms. The minimum atomic E-state index is -0.492. The van der Waals surface area contributed by atoms with Crippen LogP contribution in [0.1, 0.15) is 13.3 Å². The first kappa shape index (κ1) is 15.4. The second kappa shape index (κ2) is 6.34. The van der Waals surface area contributed by atoms with Gasteiger partial charge in [0.1, 0.15) is 11.5 Å². The predicted molar refractivity (Wildman–Crippen MR) is 88.8 cm³/mol. The highest BCUT2D eigenvalue weighted by molar-refractivity contribution is 6.31. The van der Waals surface area contributed by atoms with Crippen LogP contribution in [0, 0.1) is 5.82 Å². The zero-order valence-corrected chi connectivity index (χ0v) is 13.1. The van der Waals surface area contributed by atoms with Gasteiger partial charge in [-0.25, -0.2) is 9.37 Å². The van der Waals surface area contributed by atoms with Crippen LogP contribution in [-0.2, 0) is 6.54 Å². The molecule has 7 heteroatoms. The van der Waals surface area contributed by atoms with Gasteiger partial charge in [0.25, 0.3) is 5.56 Å². The van der Waals surface area contributed by atoms with E-state index in [4.69, 9.17) is 11.6 Å². The van der Waals surface area contributed by atoms with Crippen LogP contribution in [0.4, 0.5) is 16.0 Å². The SMILES string of the molecule is CCCn1c(=O)ccc2cnc(Nc3ccc(F)c(Cl)c3)nc21. The van der Waals surface area contributed by atoms with Crippen molar-refractivity contribution in [2.75, 3.05) is 5.32 Å². The highest BCUT2D eigenvalue weighted by atomic mass is 35.5. The molecular formula is C16H14ClFN4O. The van der Waals surface area contributed by atoms with E-state index in [-0.39, 0.29) is 10.6 Å². The van der Waals surface area contributed by atoms with Crippen molar-refractivity contribution < 1.29 is 4.39 Å². The van der Waals surface area contributed by atoms with Crippen molar-refractivity contribution in [3.8, 4) is 0 Å². The number of aryl methyl sites for hydroxylation is 1. The van der Waals surface area contributed by atoms with Crippen molar-refractivity contribution in [2.45, 2.75) is 19.9 Å². The fraction of sp³-hybridized carbons (Fsp3) is 0.188.